The summed E-state index contributed by atoms with van der Waals surface area (Å²) in [5.41, 5.74) is 1.51. The molecule has 4 rings (SSSR count). The van der Waals surface area contributed by atoms with Crippen molar-refractivity contribution >= 4 is 29.1 Å². The van der Waals surface area contributed by atoms with E-state index >= 15 is 0 Å². The summed E-state index contributed by atoms with van der Waals surface area (Å²) in [4.78, 5) is 26.7. The van der Waals surface area contributed by atoms with Crippen LogP contribution in [0.3, 0.4) is 0 Å². The average molecular weight is 401 g/mol. The SMILES string of the molecule is O=C(Nc1ccc2c(c1)OCCCO2)[C@@H]1CC(=O)N(Cc2ccccc2Cl)C1. The van der Waals surface area contributed by atoms with Crippen LogP contribution in [0.15, 0.2) is 42.5 Å². The Kier molecular flexibility index (Phi) is 5.39. The van der Waals surface area contributed by atoms with Gasteiger partial charge in [-0.1, -0.05) is 29.8 Å². The van der Waals surface area contributed by atoms with Crippen molar-refractivity contribution in [2.45, 2.75) is 19.4 Å². The molecule has 2 aliphatic rings. The lowest BCUT2D eigenvalue weighted by Gasteiger charge is -2.17. The summed E-state index contributed by atoms with van der Waals surface area (Å²) in [6.07, 6.45) is 1.02. The summed E-state index contributed by atoms with van der Waals surface area (Å²) in [7, 11) is 0. The Morgan fingerprint density at radius 1 is 1.14 bits per heavy atom. The van der Waals surface area contributed by atoms with Gasteiger partial charge in [0.25, 0.3) is 0 Å². The summed E-state index contributed by atoms with van der Waals surface area (Å²) in [5, 5.41) is 3.51. The third-order valence-electron chi connectivity index (χ3n) is 4.92. The predicted molar refractivity (Wildman–Crippen MR) is 106 cm³/mol. The number of halogens is 1. The van der Waals surface area contributed by atoms with E-state index in [1.54, 1.807) is 29.2 Å². The molecule has 2 amide bonds. The molecule has 0 saturated carbocycles. The lowest BCUT2D eigenvalue weighted by atomic mass is 10.1. The molecule has 1 fully saturated rings. The summed E-state index contributed by atoms with van der Waals surface area (Å²) >= 11 is 6.19. The Labute approximate surface area is 168 Å². The fourth-order valence-corrected chi connectivity index (χ4v) is 3.61. The Hall–Kier alpha value is -2.73. The van der Waals surface area contributed by atoms with Crippen LogP contribution in [0.2, 0.25) is 5.02 Å². The molecule has 2 aromatic rings. The minimum absolute atomic E-state index is 0.0428. The van der Waals surface area contributed by atoms with Gasteiger partial charge < -0.3 is 19.7 Å². The molecule has 2 heterocycles. The molecule has 0 bridgehead atoms. The second-order valence-electron chi connectivity index (χ2n) is 6.97. The number of ether oxygens (including phenoxy) is 2. The van der Waals surface area contributed by atoms with E-state index in [1.807, 2.05) is 18.2 Å². The number of amides is 2. The topological polar surface area (TPSA) is 67.9 Å². The number of nitrogens with zero attached hydrogens (tertiary/aromatic N) is 1. The van der Waals surface area contributed by atoms with E-state index < -0.39 is 5.92 Å². The lowest BCUT2D eigenvalue weighted by Crippen LogP contribution is -2.28. The highest BCUT2D eigenvalue weighted by Gasteiger charge is 2.34. The molecule has 7 heteroatoms. The minimum atomic E-state index is -0.397. The zero-order valence-electron chi connectivity index (χ0n) is 15.3. The zero-order chi connectivity index (χ0) is 19.5. The number of rotatable bonds is 4. The number of fused-ring (bicyclic) bond motifs is 1. The molecule has 1 atom stereocenters. The number of carbonyl (C=O) groups excluding carboxylic acids is 2. The predicted octanol–water partition coefficient (Wildman–Crippen LogP) is 3.49. The van der Waals surface area contributed by atoms with Crippen LogP contribution in [-0.4, -0.2) is 36.5 Å². The van der Waals surface area contributed by atoms with E-state index in [-0.39, 0.29) is 18.2 Å². The van der Waals surface area contributed by atoms with Crippen molar-refractivity contribution in [2.24, 2.45) is 5.92 Å². The maximum atomic E-state index is 12.7. The molecule has 2 aliphatic heterocycles. The first-order valence-corrected chi connectivity index (χ1v) is 9.69. The smallest absolute Gasteiger partial charge is 0.229 e. The number of anilines is 1. The van der Waals surface area contributed by atoms with Crippen LogP contribution in [0.1, 0.15) is 18.4 Å². The van der Waals surface area contributed by atoms with Gasteiger partial charge in [-0.25, -0.2) is 0 Å². The molecule has 6 nitrogen and oxygen atoms in total. The van der Waals surface area contributed by atoms with E-state index in [4.69, 9.17) is 21.1 Å². The fraction of sp³-hybridized carbons (Fsp3) is 0.333. The third kappa shape index (κ3) is 4.07. The quantitative estimate of drug-likeness (QED) is 0.853. The van der Waals surface area contributed by atoms with Crippen molar-refractivity contribution in [1.82, 2.24) is 4.90 Å². The third-order valence-corrected chi connectivity index (χ3v) is 5.29. The van der Waals surface area contributed by atoms with E-state index in [2.05, 4.69) is 5.32 Å². The van der Waals surface area contributed by atoms with Crippen molar-refractivity contribution in [3.05, 3.63) is 53.1 Å². The van der Waals surface area contributed by atoms with Gasteiger partial charge >= 0.3 is 0 Å². The van der Waals surface area contributed by atoms with Crippen LogP contribution in [0.5, 0.6) is 11.5 Å². The van der Waals surface area contributed by atoms with Gasteiger partial charge in [0.2, 0.25) is 11.8 Å². The maximum Gasteiger partial charge on any atom is 0.229 e. The van der Waals surface area contributed by atoms with Crippen molar-refractivity contribution in [3.63, 3.8) is 0 Å². The molecule has 0 unspecified atom stereocenters. The van der Waals surface area contributed by atoms with Crippen LogP contribution in [0.25, 0.3) is 0 Å². The Morgan fingerprint density at radius 2 is 1.93 bits per heavy atom. The van der Waals surface area contributed by atoms with E-state index in [0.29, 0.717) is 48.5 Å². The van der Waals surface area contributed by atoms with Crippen LogP contribution in [-0.2, 0) is 16.1 Å². The van der Waals surface area contributed by atoms with Crippen molar-refractivity contribution < 1.29 is 19.1 Å². The average Bonchev–Trinajstić information content (AvgIpc) is 2.90. The van der Waals surface area contributed by atoms with Crippen LogP contribution >= 0.6 is 11.6 Å². The molecule has 0 aliphatic carbocycles. The van der Waals surface area contributed by atoms with Gasteiger partial charge in [0.05, 0.1) is 19.1 Å². The van der Waals surface area contributed by atoms with Crippen LogP contribution < -0.4 is 14.8 Å². The fourth-order valence-electron chi connectivity index (χ4n) is 3.42. The molecule has 28 heavy (non-hydrogen) atoms. The minimum Gasteiger partial charge on any atom is -0.490 e. The zero-order valence-corrected chi connectivity index (χ0v) is 16.1. The molecule has 2 aromatic carbocycles. The van der Waals surface area contributed by atoms with Gasteiger partial charge in [-0.05, 0) is 23.8 Å². The molecule has 1 saturated heterocycles. The normalized spacial score (nSPS) is 18.7. The van der Waals surface area contributed by atoms with E-state index in [0.717, 1.165) is 12.0 Å². The van der Waals surface area contributed by atoms with Gasteiger partial charge in [-0.2, -0.15) is 0 Å². The van der Waals surface area contributed by atoms with Crippen LogP contribution in [0.4, 0.5) is 5.69 Å². The highest BCUT2D eigenvalue weighted by Crippen LogP contribution is 2.33. The number of nitrogens with one attached hydrogen (secondary N) is 1. The molecule has 146 valence electrons. The summed E-state index contributed by atoms with van der Waals surface area (Å²) in [6.45, 7) is 1.98. The first-order chi connectivity index (χ1) is 13.6. The second kappa shape index (κ2) is 8.10. The first-order valence-electron chi connectivity index (χ1n) is 9.32. The van der Waals surface area contributed by atoms with E-state index in [1.165, 1.54) is 0 Å². The summed E-state index contributed by atoms with van der Waals surface area (Å²) in [5.74, 6) is 0.685. The number of carbonyl (C=O) groups is 2. The monoisotopic (exact) mass is 400 g/mol. The molecular formula is C21H21ClN2O4. The van der Waals surface area contributed by atoms with Gasteiger partial charge in [0, 0.05) is 42.7 Å². The van der Waals surface area contributed by atoms with Crippen molar-refractivity contribution in [1.29, 1.82) is 0 Å². The standard InChI is InChI=1S/C21H21ClN2O4/c22-17-5-2-1-4-14(17)12-24-13-15(10-20(24)25)21(26)23-16-6-7-18-19(11-16)28-9-3-8-27-18/h1-2,4-7,11,15H,3,8-10,12-13H2,(H,23,26)/t15-/m1/s1. The van der Waals surface area contributed by atoms with E-state index in [9.17, 15) is 9.59 Å². The second-order valence-corrected chi connectivity index (χ2v) is 7.38. The van der Waals surface area contributed by atoms with Crippen molar-refractivity contribution in [3.8, 4) is 11.5 Å². The highest BCUT2D eigenvalue weighted by molar-refractivity contribution is 6.31. The largest absolute Gasteiger partial charge is 0.490 e. The van der Waals surface area contributed by atoms with Gasteiger partial charge in [-0.3, -0.25) is 9.59 Å². The van der Waals surface area contributed by atoms with Crippen molar-refractivity contribution in [2.75, 3.05) is 25.1 Å². The summed E-state index contributed by atoms with van der Waals surface area (Å²) in [6, 6.07) is 12.8. The van der Waals surface area contributed by atoms with Gasteiger partial charge in [-0.15, -0.1) is 0 Å². The molecule has 0 aromatic heterocycles. The Morgan fingerprint density at radius 3 is 2.75 bits per heavy atom. The van der Waals surface area contributed by atoms with Gasteiger partial charge in [0.15, 0.2) is 11.5 Å². The maximum absolute atomic E-state index is 12.7. The molecular weight excluding hydrogens is 380 g/mol. The number of hydrogen-bond donors (Lipinski definition) is 1. The van der Waals surface area contributed by atoms with Gasteiger partial charge in [0.1, 0.15) is 0 Å². The Balaban J connectivity index is 1.40. The number of benzene rings is 2. The lowest BCUT2D eigenvalue weighted by molar-refractivity contribution is -0.128. The molecule has 1 N–H and O–H groups in total. The summed E-state index contributed by atoms with van der Waals surface area (Å²) < 4.78 is 11.3. The highest BCUT2D eigenvalue weighted by atomic mass is 35.5. The Bertz CT molecular complexity index is 902. The first kappa shape index (κ1) is 18.6. The number of likely N-dealkylation sites (tertiary alicyclic amines) is 1. The van der Waals surface area contributed by atoms with Crippen LogP contribution in [0, 0.1) is 5.92 Å². The molecule has 0 spiro atoms. The molecule has 0 radical (unpaired) electrons. The number of hydrogen-bond acceptors (Lipinski definition) is 4.